The number of esters is 1. The van der Waals surface area contributed by atoms with Crippen molar-refractivity contribution in [3.05, 3.63) is 58.9 Å². The number of aromatic hydroxyl groups is 1. The number of carbonyl (C=O) groups is 1. The second kappa shape index (κ2) is 7.23. The topological polar surface area (TPSA) is 94.7 Å². The Kier molecular flexibility index (Phi) is 4.85. The largest absolute Gasteiger partial charge is 0.507 e. The minimum Gasteiger partial charge on any atom is -0.507 e. The Morgan fingerprint density at radius 3 is 2.80 bits per heavy atom. The van der Waals surface area contributed by atoms with Crippen LogP contribution < -0.4 is 4.74 Å². The van der Waals surface area contributed by atoms with Gasteiger partial charge in [0.1, 0.15) is 17.1 Å². The van der Waals surface area contributed by atoms with Crippen molar-refractivity contribution in [2.75, 3.05) is 7.11 Å². The molecule has 0 bridgehead atoms. The van der Waals surface area contributed by atoms with Gasteiger partial charge in [-0.2, -0.15) is 4.98 Å². The minimum atomic E-state index is -0.724. The molecule has 0 saturated heterocycles. The van der Waals surface area contributed by atoms with Crippen LogP contribution in [-0.4, -0.2) is 28.3 Å². The van der Waals surface area contributed by atoms with Gasteiger partial charge in [0, 0.05) is 11.6 Å². The molecule has 3 rings (SSSR count). The fourth-order valence-electron chi connectivity index (χ4n) is 2.08. The summed E-state index contributed by atoms with van der Waals surface area (Å²) in [5, 5.41) is 14.1. The zero-order chi connectivity index (χ0) is 17.8. The van der Waals surface area contributed by atoms with E-state index in [-0.39, 0.29) is 23.8 Å². The number of nitrogens with zero attached hydrogens (tertiary/aromatic N) is 2. The molecule has 8 heteroatoms. The first-order valence-electron chi connectivity index (χ1n) is 7.20. The van der Waals surface area contributed by atoms with Crippen LogP contribution in [0.3, 0.4) is 0 Å². The standard InChI is InChI=1S/C17H13ClN2O5/c1-23-10-6-7-12(14(21)8-10)17(22)24-9-15-19-16(20-25-15)11-4-2-3-5-13(11)18/h2-8,21H,9H2,1H3. The average Bonchev–Trinajstić information content (AvgIpc) is 3.08. The predicted octanol–water partition coefficient (Wildman–Crippen LogP) is 3.46. The minimum absolute atomic E-state index is 0.00615. The Hall–Kier alpha value is -3.06. The third-order valence-electron chi connectivity index (χ3n) is 3.33. The highest BCUT2D eigenvalue weighted by Gasteiger charge is 2.16. The predicted molar refractivity (Wildman–Crippen MR) is 88.5 cm³/mol. The van der Waals surface area contributed by atoms with E-state index in [1.807, 2.05) is 0 Å². The van der Waals surface area contributed by atoms with Gasteiger partial charge in [0.15, 0.2) is 6.61 Å². The molecule has 0 atom stereocenters. The molecule has 0 aliphatic carbocycles. The summed E-state index contributed by atoms with van der Waals surface area (Å²) < 4.78 is 15.1. The fraction of sp³-hybridized carbons (Fsp3) is 0.118. The molecule has 0 aliphatic heterocycles. The Bertz CT molecular complexity index is 910. The van der Waals surface area contributed by atoms with Crippen LogP contribution in [0.5, 0.6) is 11.5 Å². The smallest absolute Gasteiger partial charge is 0.342 e. The Labute approximate surface area is 147 Å². The highest BCUT2D eigenvalue weighted by molar-refractivity contribution is 6.33. The zero-order valence-electron chi connectivity index (χ0n) is 13.1. The van der Waals surface area contributed by atoms with Gasteiger partial charge < -0.3 is 19.1 Å². The summed E-state index contributed by atoms with van der Waals surface area (Å²) in [6.07, 6.45) is 0. The molecule has 0 unspecified atom stereocenters. The number of ether oxygens (including phenoxy) is 2. The lowest BCUT2D eigenvalue weighted by atomic mass is 10.2. The third-order valence-corrected chi connectivity index (χ3v) is 3.66. The monoisotopic (exact) mass is 360 g/mol. The quantitative estimate of drug-likeness (QED) is 0.696. The molecule has 0 amide bonds. The number of phenols is 1. The molecule has 1 heterocycles. The van der Waals surface area contributed by atoms with Crippen molar-refractivity contribution >= 4 is 17.6 Å². The van der Waals surface area contributed by atoms with Gasteiger partial charge in [-0.3, -0.25) is 0 Å². The number of phenolic OH excluding ortho intramolecular Hbond substituents is 1. The van der Waals surface area contributed by atoms with Crippen LogP contribution in [0.4, 0.5) is 0 Å². The molecule has 0 radical (unpaired) electrons. The second-order valence-electron chi connectivity index (χ2n) is 4.95. The van der Waals surface area contributed by atoms with Crippen LogP contribution in [0, 0.1) is 0 Å². The lowest BCUT2D eigenvalue weighted by Gasteiger charge is -2.06. The molecular formula is C17H13ClN2O5. The van der Waals surface area contributed by atoms with Crippen molar-refractivity contribution in [3.63, 3.8) is 0 Å². The molecule has 0 saturated carbocycles. The number of rotatable bonds is 5. The van der Waals surface area contributed by atoms with Crippen molar-refractivity contribution in [3.8, 4) is 22.9 Å². The second-order valence-corrected chi connectivity index (χ2v) is 5.36. The van der Waals surface area contributed by atoms with Crippen LogP contribution in [0.25, 0.3) is 11.4 Å². The molecule has 1 N–H and O–H groups in total. The summed E-state index contributed by atoms with van der Waals surface area (Å²) in [6, 6.07) is 11.3. The van der Waals surface area contributed by atoms with Crippen molar-refractivity contribution in [2.24, 2.45) is 0 Å². The Morgan fingerprint density at radius 1 is 1.28 bits per heavy atom. The van der Waals surface area contributed by atoms with E-state index in [9.17, 15) is 9.90 Å². The molecule has 0 fully saturated rings. The van der Waals surface area contributed by atoms with Crippen molar-refractivity contribution in [1.29, 1.82) is 0 Å². The molecule has 0 spiro atoms. The number of methoxy groups -OCH3 is 1. The lowest BCUT2D eigenvalue weighted by molar-refractivity contribution is 0.0426. The van der Waals surface area contributed by atoms with Crippen LogP contribution in [0.2, 0.25) is 5.02 Å². The lowest BCUT2D eigenvalue weighted by Crippen LogP contribution is -2.06. The molecule has 3 aromatic rings. The van der Waals surface area contributed by atoms with Gasteiger partial charge in [-0.15, -0.1) is 0 Å². The van der Waals surface area contributed by atoms with Crippen molar-refractivity contribution < 1.29 is 23.9 Å². The Morgan fingerprint density at radius 2 is 2.08 bits per heavy atom. The van der Waals surface area contributed by atoms with Gasteiger partial charge in [-0.1, -0.05) is 28.9 Å². The van der Waals surface area contributed by atoms with Crippen molar-refractivity contribution in [2.45, 2.75) is 6.61 Å². The van der Waals surface area contributed by atoms with E-state index >= 15 is 0 Å². The van der Waals surface area contributed by atoms with Gasteiger partial charge in [-0.05, 0) is 24.3 Å². The summed E-state index contributed by atoms with van der Waals surface area (Å²) in [4.78, 5) is 16.2. The average molecular weight is 361 g/mol. The first-order chi connectivity index (χ1) is 12.1. The van der Waals surface area contributed by atoms with E-state index in [1.165, 1.54) is 19.2 Å². The van der Waals surface area contributed by atoms with E-state index in [0.717, 1.165) is 0 Å². The van der Waals surface area contributed by atoms with Crippen LogP contribution in [-0.2, 0) is 11.3 Å². The number of carbonyl (C=O) groups excluding carboxylic acids is 1. The van der Waals surface area contributed by atoms with Gasteiger partial charge >= 0.3 is 5.97 Å². The van der Waals surface area contributed by atoms with E-state index in [1.54, 1.807) is 30.3 Å². The van der Waals surface area contributed by atoms with E-state index < -0.39 is 5.97 Å². The number of aromatic nitrogens is 2. The Balaban J connectivity index is 1.68. The maximum Gasteiger partial charge on any atom is 0.342 e. The summed E-state index contributed by atoms with van der Waals surface area (Å²) in [7, 11) is 1.46. The molecule has 25 heavy (non-hydrogen) atoms. The number of halogens is 1. The van der Waals surface area contributed by atoms with Crippen molar-refractivity contribution in [1.82, 2.24) is 10.1 Å². The zero-order valence-corrected chi connectivity index (χ0v) is 13.9. The number of hydrogen-bond acceptors (Lipinski definition) is 7. The summed E-state index contributed by atoms with van der Waals surface area (Å²) >= 11 is 6.07. The molecule has 128 valence electrons. The van der Waals surface area contributed by atoms with Gasteiger partial charge in [-0.25, -0.2) is 4.79 Å². The number of hydrogen-bond donors (Lipinski definition) is 1. The maximum absolute atomic E-state index is 12.0. The van der Waals surface area contributed by atoms with Gasteiger partial charge in [0.25, 0.3) is 5.89 Å². The van der Waals surface area contributed by atoms with E-state index in [4.69, 9.17) is 25.6 Å². The molecule has 0 aliphatic rings. The van der Waals surface area contributed by atoms with Crippen LogP contribution in [0.1, 0.15) is 16.2 Å². The fourth-order valence-corrected chi connectivity index (χ4v) is 2.30. The van der Waals surface area contributed by atoms with Crippen LogP contribution in [0.15, 0.2) is 47.0 Å². The van der Waals surface area contributed by atoms with Gasteiger partial charge in [0.05, 0.1) is 12.1 Å². The SMILES string of the molecule is COc1ccc(C(=O)OCc2nc(-c3ccccc3Cl)no2)c(O)c1. The summed E-state index contributed by atoms with van der Waals surface area (Å²) in [5.41, 5.74) is 0.616. The highest BCUT2D eigenvalue weighted by atomic mass is 35.5. The molecule has 2 aromatic carbocycles. The first-order valence-corrected chi connectivity index (χ1v) is 7.58. The molecule has 1 aromatic heterocycles. The summed E-state index contributed by atoms with van der Waals surface area (Å²) in [5.74, 6) is -0.139. The van der Waals surface area contributed by atoms with E-state index in [0.29, 0.717) is 22.2 Å². The first kappa shape index (κ1) is 16.8. The molecular weight excluding hydrogens is 348 g/mol. The molecule has 7 nitrogen and oxygen atoms in total. The highest BCUT2D eigenvalue weighted by Crippen LogP contribution is 2.26. The summed E-state index contributed by atoms with van der Waals surface area (Å²) in [6.45, 7) is -0.234. The van der Waals surface area contributed by atoms with E-state index in [2.05, 4.69) is 10.1 Å². The van der Waals surface area contributed by atoms with Gasteiger partial charge in [0.2, 0.25) is 5.82 Å². The third kappa shape index (κ3) is 3.72. The number of benzene rings is 2. The maximum atomic E-state index is 12.0. The normalized spacial score (nSPS) is 10.5. The van der Waals surface area contributed by atoms with Crippen LogP contribution >= 0.6 is 11.6 Å².